The molecule has 3 rings (SSSR count). The van der Waals surface area contributed by atoms with Crippen LogP contribution in [-0.2, 0) is 11.3 Å². The maximum atomic E-state index is 12.4. The number of carbonyl (C=O) groups is 1. The molecule has 0 saturated carbocycles. The van der Waals surface area contributed by atoms with Gasteiger partial charge in [-0.2, -0.15) is 0 Å². The molecule has 1 aromatic carbocycles. The summed E-state index contributed by atoms with van der Waals surface area (Å²) in [6, 6.07) is 13.4. The van der Waals surface area contributed by atoms with Crippen LogP contribution in [0.3, 0.4) is 0 Å². The molecule has 0 N–H and O–H groups in total. The quantitative estimate of drug-likeness (QED) is 0.830. The van der Waals surface area contributed by atoms with E-state index in [1.54, 1.807) is 17.2 Å². The van der Waals surface area contributed by atoms with Crippen LogP contribution in [0.5, 0.6) is 0 Å². The van der Waals surface area contributed by atoms with Crippen molar-refractivity contribution < 1.29 is 4.79 Å². The Bertz CT molecular complexity index is 796. The maximum Gasteiger partial charge on any atom is 0.251 e. The Balaban J connectivity index is 1.67. The van der Waals surface area contributed by atoms with Gasteiger partial charge in [0.25, 0.3) is 5.56 Å². The summed E-state index contributed by atoms with van der Waals surface area (Å²) in [5, 5.41) is 0. The molecule has 0 radical (unpaired) electrons. The van der Waals surface area contributed by atoms with Gasteiger partial charge in [-0.1, -0.05) is 36.4 Å². The predicted molar refractivity (Wildman–Crippen MR) is 94.0 cm³/mol. The minimum absolute atomic E-state index is 0.0337. The Morgan fingerprint density at radius 2 is 1.91 bits per heavy atom. The normalized spacial score (nSPS) is 14.5. The Kier molecular flexibility index (Phi) is 4.76. The van der Waals surface area contributed by atoms with Crippen molar-refractivity contribution in [3.63, 3.8) is 0 Å². The van der Waals surface area contributed by atoms with E-state index in [-0.39, 0.29) is 18.0 Å². The minimum Gasteiger partial charge on any atom is -0.337 e. The zero-order valence-corrected chi connectivity index (χ0v) is 14.2. The summed E-state index contributed by atoms with van der Waals surface area (Å²) in [6.45, 7) is 1.35. The third-order valence-electron chi connectivity index (χ3n) is 3.96. The fourth-order valence-electron chi connectivity index (χ4n) is 2.68. The summed E-state index contributed by atoms with van der Waals surface area (Å²) in [6.07, 6.45) is 4.58. The van der Waals surface area contributed by atoms with Crippen molar-refractivity contribution >= 4 is 27.4 Å². The van der Waals surface area contributed by atoms with Crippen molar-refractivity contribution in [2.45, 2.75) is 13.0 Å². The maximum absolute atomic E-state index is 12.4. The van der Waals surface area contributed by atoms with E-state index in [9.17, 15) is 9.59 Å². The standard InChI is InChI=1S/C18H17BrN2O2/c19-16-6-7-17(22)21(12-16)13-18(23)20-10-8-15(9-11-20)14-4-2-1-3-5-14/h1-8,12H,9-11,13H2. The Morgan fingerprint density at radius 3 is 2.61 bits per heavy atom. The summed E-state index contributed by atoms with van der Waals surface area (Å²) < 4.78 is 2.22. The van der Waals surface area contributed by atoms with Crippen molar-refractivity contribution in [1.29, 1.82) is 0 Å². The van der Waals surface area contributed by atoms with Gasteiger partial charge in [0.05, 0.1) is 0 Å². The average Bonchev–Trinajstić information content (AvgIpc) is 2.59. The lowest BCUT2D eigenvalue weighted by Gasteiger charge is -2.27. The van der Waals surface area contributed by atoms with Gasteiger partial charge in [0, 0.05) is 29.8 Å². The van der Waals surface area contributed by atoms with E-state index in [1.165, 1.54) is 21.8 Å². The van der Waals surface area contributed by atoms with Crippen molar-refractivity contribution in [1.82, 2.24) is 9.47 Å². The Morgan fingerprint density at radius 1 is 1.13 bits per heavy atom. The molecule has 0 fully saturated rings. The first kappa shape index (κ1) is 15.7. The highest BCUT2D eigenvalue weighted by Crippen LogP contribution is 2.22. The van der Waals surface area contributed by atoms with Crippen molar-refractivity contribution in [2.24, 2.45) is 0 Å². The molecule has 1 aromatic heterocycles. The van der Waals surface area contributed by atoms with Crippen molar-refractivity contribution in [3.8, 4) is 0 Å². The summed E-state index contributed by atoms with van der Waals surface area (Å²) in [7, 11) is 0. The van der Waals surface area contributed by atoms with Crippen molar-refractivity contribution in [3.05, 3.63) is 75.1 Å². The van der Waals surface area contributed by atoms with E-state index in [4.69, 9.17) is 0 Å². The zero-order valence-electron chi connectivity index (χ0n) is 12.6. The molecule has 1 amide bonds. The van der Waals surface area contributed by atoms with Crippen LogP contribution in [0.4, 0.5) is 0 Å². The molecular formula is C18H17BrN2O2. The number of amides is 1. The molecule has 0 bridgehead atoms. The highest BCUT2D eigenvalue weighted by Gasteiger charge is 2.18. The number of halogens is 1. The van der Waals surface area contributed by atoms with Gasteiger partial charge >= 0.3 is 0 Å². The number of hydrogen-bond donors (Lipinski definition) is 0. The monoisotopic (exact) mass is 372 g/mol. The van der Waals surface area contributed by atoms with Gasteiger partial charge in [-0.3, -0.25) is 9.59 Å². The first-order valence-corrected chi connectivity index (χ1v) is 8.31. The summed E-state index contributed by atoms with van der Waals surface area (Å²) >= 11 is 3.32. The molecule has 5 heteroatoms. The lowest BCUT2D eigenvalue weighted by Crippen LogP contribution is -2.38. The van der Waals surface area contributed by atoms with E-state index in [2.05, 4.69) is 34.1 Å². The first-order valence-electron chi connectivity index (χ1n) is 7.52. The SMILES string of the molecule is O=C(Cn1cc(Br)ccc1=O)N1CC=C(c2ccccc2)CC1. The largest absolute Gasteiger partial charge is 0.337 e. The number of carbonyl (C=O) groups excluding carboxylic acids is 1. The number of nitrogens with zero attached hydrogens (tertiary/aromatic N) is 2. The number of aromatic nitrogens is 1. The fourth-order valence-corrected chi connectivity index (χ4v) is 3.06. The van der Waals surface area contributed by atoms with Crippen LogP contribution in [-0.4, -0.2) is 28.5 Å². The molecule has 0 spiro atoms. The number of hydrogen-bond acceptors (Lipinski definition) is 2. The second kappa shape index (κ2) is 6.96. The van der Waals surface area contributed by atoms with Crippen LogP contribution >= 0.6 is 15.9 Å². The number of benzene rings is 1. The molecular weight excluding hydrogens is 356 g/mol. The zero-order chi connectivity index (χ0) is 16.2. The molecule has 0 atom stereocenters. The third-order valence-corrected chi connectivity index (χ3v) is 4.43. The van der Waals surface area contributed by atoms with Gasteiger partial charge in [0.2, 0.25) is 5.91 Å². The molecule has 2 aromatic rings. The molecule has 1 aliphatic heterocycles. The summed E-state index contributed by atoms with van der Waals surface area (Å²) in [4.78, 5) is 26.0. The highest BCUT2D eigenvalue weighted by molar-refractivity contribution is 9.10. The Hall–Kier alpha value is -2.14. The van der Waals surface area contributed by atoms with Crippen LogP contribution in [0.25, 0.3) is 5.57 Å². The van der Waals surface area contributed by atoms with E-state index >= 15 is 0 Å². The molecule has 0 aliphatic carbocycles. The number of pyridine rings is 1. The third kappa shape index (κ3) is 3.79. The van der Waals surface area contributed by atoms with Crippen LogP contribution < -0.4 is 5.56 Å². The predicted octanol–water partition coefficient (Wildman–Crippen LogP) is 2.93. The average molecular weight is 373 g/mol. The molecule has 1 aliphatic rings. The minimum atomic E-state index is -0.168. The van der Waals surface area contributed by atoms with E-state index in [0.717, 1.165) is 10.9 Å². The van der Waals surface area contributed by atoms with Gasteiger partial charge in [-0.25, -0.2) is 0 Å². The highest BCUT2D eigenvalue weighted by atomic mass is 79.9. The van der Waals surface area contributed by atoms with E-state index in [0.29, 0.717) is 13.1 Å². The topological polar surface area (TPSA) is 42.3 Å². The van der Waals surface area contributed by atoms with Crippen molar-refractivity contribution in [2.75, 3.05) is 13.1 Å². The van der Waals surface area contributed by atoms with E-state index < -0.39 is 0 Å². The Labute approximate surface area is 143 Å². The smallest absolute Gasteiger partial charge is 0.251 e. The fraction of sp³-hybridized carbons (Fsp3) is 0.222. The molecule has 0 unspecified atom stereocenters. The van der Waals surface area contributed by atoms with Crippen LogP contribution in [0.1, 0.15) is 12.0 Å². The molecule has 23 heavy (non-hydrogen) atoms. The first-order chi connectivity index (χ1) is 11.1. The molecule has 2 heterocycles. The van der Waals surface area contributed by atoms with Gasteiger partial charge in [0.15, 0.2) is 0 Å². The molecule has 4 nitrogen and oxygen atoms in total. The van der Waals surface area contributed by atoms with Gasteiger partial charge in [-0.05, 0) is 39.6 Å². The second-order valence-corrected chi connectivity index (χ2v) is 6.41. The molecule has 0 saturated heterocycles. The summed E-state index contributed by atoms with van der Waals surface area (Å²) in [5.74, 6) is -0.0337. The van der Waals surface area contributed by atoms with Gasteiger partial charge in [0.1, 0.15) is 6.54 Å². The van der Waals surface area contributed by atoms with Crippen LogP contribution in [0, 0.1) is 0 Å². The second-order valence-electron chi connectivity index (χ2n) is 5.50. The van der Waals surface area contributed by atoms with E-state index in [1.807, 2.05) is 18.2 Å². The lowest BCUT2D eigenvalue weighted by atomic mass is 9.99. The lowest BCUT2D eigenvalue weighted by molar-refractivity contribution is -0.131. The van der Waals surface area contributed by atoms with Gasteiger partial charge in [-0.15, -0.1) is 0 Å². The summed E-state index contributed by atoms with van der Waals surface area (Å²) in [5.41, 5.74) is 2.32. The molecule has 118 valence electrons. The van der Waals surface area contributed by atoms with Crippen LogP contribution in [0.2, 0.25) is 0 Å². The number of rotatable bonds is 3. The van der Waals surface area contributed by atoms with Gasteiger partial charge < -0.3 is 9.47 Å². The van der Waals surface area contributed by atoms with Crippen LogP contribution in [0.15, 0.2) is 64.0 Å².